The van der Waals surface area contributed by atoms with Crippen LogP contribution in [0.1, 0.15) is 5.56 Å². The zero-order valence-electron chi connectivity index (χ0n) is 13.9. The highest BCUT2D eigenvalue weighted by Gasteiger charge is 2.09. The van der Waals surface area contributed by atoms with Crippen molar-refractivity contribution in [1.29, 1.82) is 0 Å². The van der Waals surface area contributed by atoms with Gasteiger partial charge in [-0.2, -0.15) is 0 Å². The van der Waals surface area contributed by atoms with E-state index in [9.17, 15) is 0 Å². The zero-order valence-corrected chi connectivity index (χ0v) is 13.9. The predicted octanol–water partition coefficient (Wildman–Crippen LogP) is 1.88. The summed E-state index contributed by atoms with van der Waals surface area (Å²) in [5, 5.41) is 6.72. The van der Waals surface area contributed by atoms with Gasteiger partial charge in [0, 0.05) is 38.8 Å². The van der Waals surface area contributed by atoms with Crippen molar-refractivity contribution in [3.8, 4) is 0 Å². The SMILES string of the molecule is c1ccc(CCNc2cc(NCCN3CCOCC3)ncn2)cc1. The lowest BCUT2D eigenvalue weighted by molar-refractivity contribution is 0.0398. The molecule has 6 nitrogen and oxygen atoms in total. The van der Waals surface area contributed by atoms with Crippen LogP contribution in [0, 0.1) is 0 Å². The normalized spacial score (nSPS) is 15.2. The van der Waals surface area contributed by atoms with Crippen LogP contribution < -0.4 is 10.6 Å². The van der Waals surface area contributed by atoms with Crippen LogP contribution in [-0.2, 0) is 11.2 Å². The fraction of sp³-hybridized carbons (Fsp3) is 0.444. The van der Waals surface area contributed by atoms with Gasteiger partial charge in [0.25, 0.3) is 0 Å². The Balaban J connectivity index is 1.40. The van der Waals surface area contributed by atoms with Crippen LogP contribution in [0.2, 0.25) is 0 Å². The van der Waals surface area contributed by atoms with Crippen LogP contribution in [0.4, 0.5) is 11.6 Å². The highest BCUT2D eigenvalue weighted by atomic mass is 16.5. The summed E-state index contributed by atoms with van der Waals surface area (Å²) in [6.45, 7) is 6.43. The number of rotatable bonds is 8. The van der Waals surface area contributed by atoms with E-state index in [4.69, 9.17) is 4.74 Å². The average molecular weight is 327 g/mol. The molecule has 1 aromatic heterocycles. The van der Waals surface area contributed by atoms with Gasteiger partial charge in [0.05, 0.1) is 13.2 Å². The Bertz CT molecular complexity index is 601. The standard InChI is InChI=1S/C18H25N5O/c1-2-4-16(5-3-1)6-7-19-17-14-18(22-15-21-17)20-8-9-23-10-12-24-13-11-23/h1-5,14-15H,6-13H2,(H2,19,20,21,22). The van der Waals surface area contributed by atoms with E-state index in [-0.39, 0.29) is 0 Å². The van der Waals surface area contributed by atoms with Crippen LogP contribution in [-0.4, -0.2) is 60.8 Å². The largest absolute Gasteiger partial charge is 0.379 e. The molecule has 2 heterocycles. The Morgan fingerprint density at radius 1 is 0.958 bits per heavy atom. The minimum absolute atomic E-state index is 0.836. The first-order valence-electron chi connectivity index (χ1n) is 8.54. The number of aromatic nitrogens is 2. The third-order valence-corrected chi connectivity index (χ3v) is 4.07. The summed E-state index contributed by atoms with van der Waals surface area (Å²) < 4.78 is 5.36. The molecule has 0 amide bonds. The molecule has 1 fully saturated rings. The number of nitrogens with one attached hydrogen (secondary N) is 2. The van der Waals surface area contributed by atoms with Crippen LogP contribution >= 0.6 is 0 Å². The monoisotopic (exact) mass is 327 g/mol. The number of anilines is 2. The Hall–Kier alpha value is -2.18. The fourth-order valence-corrected chi connectivity index (χ4v) is 2.70. The first-order chi connectivity index (χ1) is 11.9. The van der Waals surface area contributed by atoms with Crippen molar-refractivity contribution in [2.24, 2.45) is 0 Å². The number of benzene rings is 1. The van der Waals surface area contributed by atoms with Crippen molar-refractivity contribution < 1.29 is 4.74 Å². The van der Waals surface area contributed by atoms with Crippen molar-refractivity contribution in [2.75, 3.05) is 56.6 Å². The summed E-state index contributed by atoms with van der Waals surface area (Å²) in [5.41, 5.74) is 1.32. The molecule has 6 heteroatoms. The molecule has 0 saturated carbocycles. The summed E-state index contributed by atoms with van der Waals surface area (Å²) in [4.78, 5) is 11.0. The molecule has 0 aliphatic carbocycles. The number of ether oxygens (including phenoxy) is 1. The number of hydrogen-bond donors (Lipinski definition) is 2. The second kappa shape index (κ2) is 9.20. The topological polar surface area (TPSA) is 62.3 Å². The van der Waals surface area contributed by atoms with Crippen molar-refractivity contribution in [2.45, 2.75) is 6.42 Å². The Morgan fingerprint density at radius 3 is 2.42 bits per heavy atom. The molecule has 1 aliphatic heterocycles. The predicted molar refractivity (Wildman–Crippen MR) is 96.4 cm³/mol. The van der Waals surface area contributed by atoms with Crippen LogP contribution in [0.5, 0.6) is 0 Å². The molecule has 2 N–H and O–H groups in total. The second-order valence-corrected chi connectivity index (χ2v) is 5.83. The van der Waals surface area contributed by atoms with Crippen LogP contribution in [0.15, 0.2) is 42.7 Å². The Morgan fingerprint density at radius 2 is 1.67 bits per heavy atom. The highest BCUT2D eigenvalue weighted by molar-refractivity contribution is 5.46. The smallest absolute Gasteiger partial charge is 0.131 e. The Labute approximate surface area is 143 Å². The highest BCUT2D eigenvalue weighted by Crippen LogP contribution is 2.09. The molecule has 128 valence electrons. The van der Waals surface area contributed by atoms with Crippen LogP contribution in [0.25, 0.3) is 0 Å². The number of morpholine rings is 1. The van der Waals surface area contributed by atoms with Gasteiger partial charge in [-0.3, -0.25) is 4.90 Å². The first-order valence-corrected chi connectivity index (χ1v) is 8.54. The molecule has 1 aromatic carbocycles. The lowest BCUT2D eigenvalue weighted by Crippen LogP contribution is -2.39. The summed E-state index contributed by atoms with van der Waals surface area (Å²) >= 11 is 0. The summed E-state index contributed by atoms with van der Waals surface area (Å²) in [6.07, 6.45) is 2.58. The summed E-state index contributed by atoms with van der Waals surface area (Å²) in [7, 11) is 0. The van der Waals surface area contributed by atoms with Gasteiger partial charge < -0.3 is 15.4 Å². The minimum Gasteiger partial charge on any atom is -0.379 e. The Kier molecular flexibility index (Phi) is 6.39. The van der Waals surface area contributed by atoms with Crippen molar-refractivity contribution in [1.82, 2.24) is 14.9 Å². The molecule has 1 aliphatic rings. The molecule has 2 aromatic rings. The zero-order chi connectivity index (χ0) is 16.5. The third-order valence-electron chi connectivity index (χ3n) is 4.07. The maximum absolute atomic E-state index is 5.36. The van der Waals surface area contributed by atoms with E-state index in [2.05, 4.69) is 49.8 Å². The average Bonchev–Trinajstić information content (AvgIpc) is 2.64. The van der Waals surface area contributed by atoms with E-state index in [1.807, 2.05) is 12.1 Å². The van der Waals surface area contributed by atoms with Crippen molar-refractivity contribution in [3.05, 3.63) is 48.3 Å². The molecule has 0 bridgehead atoms. The van der Waals surface area contributed by atoms with E-state index in [0.29, 0.717) is 0 Å². The van der Waals surface area contributed by atoms with E-state index >= 15 is 0 Å². The van der Waals surface area contributed by atoms with Gasteiger partial charge in [-0.15, -0.1) is 0 Å². The molecule has 24 heavy (non-hydrogen) atoms. The molecule has 0 unspecified atom stereocenters. The maximum atomic E-state index is 5.36. The van der Waals surface area contributed by atoms with Crippen molar-refractivity contribution >= 4 is 11.6 Å². The van der Waals surface area contributed by atoms with E-state index in [1.165, 1.54) is 5.56 Å². The third kappa shape index (κ3) is 5.47. The summed E-state index contributed by atoms with van der Waals surface area (Å²) in [5.74, 6) is 1.72. The van der Waals surface area contributed by atoms with Gasteiger partial charge in [0.1, 0.15) is 18.0 Å². The van der Waals surface area contributed by atoms with Gasteiger partial charge in [0.2, 0.25) is 0 Å². The molecule has 3 rings (SSSR count). The fourth-order valence-electron chi connectivity index (χ4n) is 2.70. The molecule has 0 spiro atoms. The second-order valence-electron chi connectivity index (χ2n) is 5.83. The van der Waals surface area contributed by atoms with Gasteiger partial charge in [-0.1, -0.05) is 30.3 Å². The molecular weight excluding hydrogens is 302 g/mol. The van der Waals surface area contributed by atoms with Crippen LogP contribution in [0.3, 0.4) is 0 Å². The molecule has 0 atom stereocenters. The molecular formula is C18H25N5O. The minimum atomic E-state index is 0.836. The van der Waals surface area contributed by atoms with Gasteiger partial charge in [-0.25, -0.2) is 9.97 Å². The first kappa shape index (κ1) is 16.7. The molecule has 0 radical (unpaired) electrons. The van der Waals surface area contributed by atoms with E-state index < -0.39 is 0 Å². The lowest BCUT2D eigenvalue weighted by atomic mass is 10.1. The number of nitrogens with zero attached hydrogens (tertiary/aromatic N) is 3. The summed E-state index contributed by atoms with van der Waals surface area (Å²) in [6, 6.07) is 12.4. The van der Waals surface area contributed by atoms with E-state index in [0.717, 1.165) is 64.0 Å². The van der Waals surface area contributed by atoms with Gasteiger partial charge in [0.15, 0.2) is 0 Å². The van der Waals surface area contributed by atoms with Gasteiger partial charge in [-0.05, 0) is 12.0 Å². The van der Waals surface area contributed by atoms with Crippen molar-refractivity contribution in [3.63, 3.8) is 0 Å². The maximum Gasteiger partial charge on any atom is 0.131 e. The van der Waals surface area contributed by atoms with E-state index in [1.54, 1.807) is 6.33 Å². The number of hydrogen-bond acceptors (Lipinski definition) is 6. The van der Waals surface area contributed by atoms with Gasteiger partial charge >= 0.3 is 0 Å². The quantitative estimate of drug-likeness (QED) is 0.772. The molecule has 1 saturated heterocycles. The lowest BCUT2D eigenvalue weighted by Gasteiger charge is -2.26.